The van der Waals surface area contributed by atoms with Crippen LogP contribution in [0.1, 0.15) is 12.7 Å². The number of halogens is 3. The molecule has 1 aromatic carbocycles. The van der Waals surface area contributed by atoms with Crippen LogP contribution in [-0.4, -0.2) is 11.2 Å². The summed E-state index contributed by atoms with van der Waals surface area (Å²) in [5.74, 6) is -3.64. The highest BCUT2D eigenvalue weighted by Gasteiger charge is 2.19. The van der Waals surface area contributed by atoms with E-state index in [1.54, 1.807) is 19.1 Å². The van der Waals surface area contributed by atoms with Gasteiger partial charge in [0.15, 0.2) is 17.5 Å². The molecule has 1 amide bonds. The van der Waals surface area contributed by atoms with Gasteiger partial charge in [-0.15, -0.1) is 11.8 Å². The Bertz CT molecular complexity index is 631. The zero-order valence-electron chi connectivity index (χ0n) is 11.0. The van der Waals surface area contributed by atoms with E-state index in [9.17, 15) is 18.0 Å². The van der Waals surface area contributed by atoms with Crippen LogP contribution in [0, 0.1) is 17.5 Å². The first-order valence-corrected chi connectivity index (χ1v) is 7.12. The van der Waals surface area contributed by atoms with E-state index < -0.39 is 28.6 Å². The number of anilines is 1. The Balaban J connectivity index is 1.96. The van der Waals surface area contributed by atoms with Gasteiger partial charge in [0.05, 0.1) is 23.0 Å². The molecule has 0 unspecified atom stereocenters. The van der Waals surface area contributed by atoms with Gasteiger partial charge in [-0.2, -0.15) is 0 Å². The van der Waals surface area contributed by atoms with Crippen molar-refractivity contribution in [3.05, 3.63) is 53.7 Å². The maximum absolute atomic E-state index is 13.4. The van der Waals surface area contributed by atoms with Crippen molar-refractivity contribution in [2.24, 2.45) is 0 Å². The summed E-state index contributed by atoms with van der Waals surface area (Å²) in [6.07, 6.45) is 1.53. The van der Waals surface area contributed by atoms with Gasteiger partial charge in [0, 0.05) is 0 Å². The lowest BCUT2D eigenvalue weighted by molar-refractivity contribution is -0.115. The number of hydrogen-bond donors (Lipinski definition) is 1. The zero-order valence-corrected chi connectivity index (χ0v) is 11.8. The van der Waals surface area contributed by atoms with Crippen molar-refractivity contribution in [1.82, 2.24) is 0 Å². The number of furan rings is 1. The second-order valence-corrected chi connectivity index (χ2v) is 5.57. The van der Waals surface area contributed by atoms with Crippen LogP contribution in [0.2, 0.25) is 0 Å². The molecule has 1 atom stereocenters. The van der Waals surface area contributed by atoms with Crippen molar-refractivity contribution < 1.29 is 22.4 Å². The second kappa shape index (κ2) is 6.71. The maximum atomic E-state index is 13.4. The fraction of sp³-hybridized carbons (Fsp3) is 0.214. The van der Waals surface area contributed by atoms with Crippen LogP contribution in [0.15, 0.2) is 34.9 Å². The van der Waals surface area contributed by atoms with E-state index in [2.05, 4.69) is 5.32 Å². The third-order valence-corrected chi connectivity index (χ3v) is 3.88. The molecule has 1 aromatic heterocycles. The third-order valence-electron chi connectivity index (χ3n) is 2.72. The lowest BCUT2D eigenvalue weighted by Gasteiger charge is -2.12. The molecule has 0 bridgehead atoms. The van der Waals surface area contributed by atoms with Crippen LogP contribution in [-0.2, 0) is 10.5 Å². The maximum Gasteiger partial charge on any atom is 0.237 e. The third kappa shape index (κ3) is 3.81. The summed E-state index contributed by atoms with van der Waals surface area (Å²) in [5.41, 5.74) is -0.385. The summed E-state index contributed by atoms with van der Waals surface area (Å²) in [4.78, 5) is 11.9. The molecular weight excluding hydrogens is 303 g/mol. The average molecular weight is 315 g/mol. The van der Waals surface area contributed by atoms with Crippen molar-refractivity contribution in [2.75, 3.05) is 5.32 Å². The van der Waals surface area contributed by atoms with E-state index in [-0.39, 0.29) is 5.69 Å². The van der Waals surface area contributed by atoms with Gasteiger partial charge in [-0.3, -0.25) is 4.79 Å². The predicted octanol–water partition coefficient (Wildman–Crippen LogP) is 3.96. The first kappa shape index (κ1) is 15.5. The number of rotatable bonds is 5. The molecule has 0 aliphatic heterocycles. The number of benzene rings is 1. The van der Waals surface area contributed by atoms with Gasteiger partial charge >= 0.3 is 0 Å². The Hall–Kier alpha value is -1.89. The van der Waals surface area contributed by atoms with Gasteiger partial charge in [-0.25, -0.2) is 13.2 Å². The van der Waals surface area contributed by atoms with Crippen LogP contribution in [0.5, 0.6) is 0 Å². The normalized spacial score (nSPS) is 12.2. The summed E-state index contributed by atoms with van der Waals surface area (Å²) in [6, 6.07) is 5.24. The summed E-state index contributed by atoms with van der Waals surface area (Å²) in [5, 5.41) is 1.72. The first-order valence-electron chi connectivity index (χ1n) is 6.07. The van der Waals surface area contributed by atoms with Crippen molar-refractivity contribution in [3.63, 3.8) is 0 Å². The average Bonchev–Trinajstić information content (AvgIpc) is 2.98. The van der Waals surface area contributed by atoms with Gasteiger partial charge in [-0.1, -0.05) is 0 Å². The predicted molar refractivity (Wildman–Crippen MR) is 74.4 cm³/mol. The number of carbonyl (C=O) groups excluding carboxylic acids is 1. The monoisotopic (exact) mass is 315 g/mol. The SMILES string of the molecule is C[C@@H](SCc1ccco1)C(=O)Nc1ccc(F)c(F)c1F. The van der Waals surface area contributed by atoms with Crippen LogP contribution >= 0.6 is 11.8 Å². The lowest BCUT2D eigenvalue weighted by atomic mass is 10.2. The van der Waals surface area contributed by atoms with Crippen molar-refractivity contribution >= 4 is 23.4 Å². The summed E-state index contributed by atoms with van der Waals surface area (Å²) >= 11 is 1.28. The summed E-state index contributed by atoms with van der Waals surface area (Å²) < 4.78 is 44.4. The van der Waals surface area contributed by atoms with Crippen LogP contribution in [0.3, 0.4) is 0 Å². The summed E-state index contributed by atoms with van der Waals surface area (Å²) in [7, 11) is 0. The largest absolute Gasteiger partial charge is 0.468 e. The molecular formula is C14H12F3NO2S. The van der Waals surface area contributed by atoms with Crippen molar-refractivity contribution in [3.8, 4) is 0 Å². The Kier molecular flexibility index (Phi) is 4.95. The van der Waals surface area contributed by atoms with Crippen molar-refractivity contribution in [2.45, 2.75) is 17.9 Å². The van der Waals surface area contributed by atoms with Crippen LogP contribution in [0.4, 0.5) is 18.9 Å². The van der Waals surface area contributed by atoms with E-state index >= 15 is 0 Å². The molecule has 3 nitrogen and oxygen atoms in total. The van der Waals surface area contributed by atoms with E-state index in [4.69, 9.17) is 4.42 Å². The standard InChI is InChI=1S/C14H12F3NO2S/c1-8(21-7-9-3-2-6-20-9)14(19)18-11-5-4-10(15)12(16)13(11)17/h2-6,8H,7H2,1H3,(H,18,19)/t8-/m1/s1. The zero-order chi connectivity index (χ0) is 15.4. The molecule has 0 radical (unpaired) electrons. The minimum atomic E-state index is -1.61. The molecule has 0 spiro atoms. The van der Waals surface area contributed by atoms with Crippen LogP contribution < -0.4 is 5.32 Å². The Morgan fingerprint density at radius 3 is 2.71 bits per heavy atom. The molecule has 0 aliphatic carbocycles. The molecule has 1 heterocycles. The minimum Gasteiger partial charge on any atom is -0.468 e. The van der Waals surface area contributed by atoms with Crippen molar-refractivity contribution in [1.29, 1.82) is 0 Å². The molecule has 0 saturated carbocycles. The van der Waals surface area contributed by atoms with Gasteiger partial charge < -0.3 is 9.73 Å². The number of hydrogen-bond acceptors (Lipinski definition) is 3. The number of amides is 1. The Morgan fingerprint density at radius 2 is 2.05 bits per heavy atom. The highest BCUT2D eigenvalue weighted by molar-refractivity contribution is 7.99. The minimum absolute atomic E-state index is 0.385. The van der Waals surface area contributed by atoms with Gasteiger partial charge in [0.1, 0.15) is 5.76 Å². The molecule has 0 saturated heterocycles. The molecule has 0 aliphatic rings. The first-order chi connectivity index (χ1) is 9.99. The smallest absolute Gasteiger partial charge is 0.237 e. The second-order valence-electron chi connectivity index (χ2n) is 4.24. The van der Waals surface area contributed by atoms with Gasteiger partial charge in [0.25, 0.3) is 0 Å². The van der Waals surface area contributed by atoms with E-state index in [1.165, 1.54) is 18.0 Å². The summed E-state index contributed by atoms with van der Waals surface area (Å²) in [6.45, 7) is 1.63. The van der Waals surface area contributed by atoms with E-state index in [0.717, 1.165) is 12.1 Å². The molecule has 1 N–H and O–H groups in total. The fourth-order valence-electron chi connectivity index (χ4n) is 1.53. The van der Waals surface area contributed by atoms with Crippen LogP contribution in [0.25, 0.3) is 0 Å². The number of nitrogens with one attached hydrogen (secondary N) is 1. The number of carbonyl (C=O) groups is 1. The molecule has 2 aromatic rings. The molecule has 0 fully saturated rings. The quantitative estimate of drug-likeness (QED) is 0.849. The van der Waals surface area contributed by atoms with Gasteiger partial charge in [-0.05, 0) is 31.2 Å². The Labute approximate surface area is 123 Å². The molecule has 2 rings (SSSR count). The highest BCUT2D eigenvalue weighted by Crippen LogP contribution is 2.22. The van der Waals surface area contributed by atoms with Gasteiger partial charge in [0.2, 0.25) is 5.91 Å². The highest BCUT2D eigenvalue weighted by atomic mass is 32.2. The molecule has 7 heteroatoms. The van der Waals surface area contributed by atoms with E-state index in [1.807, 2.05) is 0 Å². The fourth-order valence-corrected chi connectivity index (χ4v) is 2.32. The molecule has 112 valence electrons. The number of thioether (sulfide) groups is 1. The lowest BCUT2D eigenvalue weighted by Crippen LogP contribution is -2.23. The topological polar surface area (TPSA) is 42.2 Å². The van der Waals surface area contributed by atoms with E-state index in [0.29, 0.717) is 11.5 Å². The Morgan fingerprint density at radius 1 is 1.29 bits per heavy atom. The molecule has 21 heavy (non-hydrogen) atoms.